The van der Waals surface area contributed by atoms with Gasteiger partial charge >= 0.3 is 0 Å². The van der Waals surface area contributed by atoms with Gasteiger partial charge in [-0.15, -0.1) is 5.10 Å². The van der Waals surface area contributed by atoms with Gasteiger partial charge in [-0.25, -0.2) is 8.42 Å². The van der Waals surface area contributed by atoms with Gasteiger partial charge in [-0.05, 0) is 37.3 Å². The van der Waals surface area contributed by atoms with Crippen LogP contribution in [0.4, 0.5) is 0 Å². The summed E-state index contributed by atoms with van der Waals surface area (Å²) >= 11 is 0. The third-order valence-electron chi connectivity index (χ3n) is 4.77. The minimum atomic E-state index is -3.60. The maximum atomic E-state index is 13.3. The average molecular weight is 383 g/mol. The number of nitrogens with zero attached hydrogens (tertiary/aromatic N) is 3. The van der Waals surface area contributed by atoms with Crippen molar-refractivity contribution in [2.75, 3.05) is 13.1 Å². The third kappa shape index (κ3) is 3.65. The molecule has 0 aliphatic carbocycles. The van der Waals surface area contributed by atoms with E-state index in [1.807, 2.05) is 43.3 Å². The quantitative estimate of drug-likeness (QED) is 0.692. The second kappa shape index (κ2) is 7.25. The van der Waals surface area contributed by atoms with E-state index in [0.29, 0.717) is 23.9 Å². The number of hydrogen-bond donors (Lipinski definition) is 0. The Kier molecular flexibility index (Phi) is 4.80. The summed E-state index contributed by atoms with van der Waals surface area (Å²) in [5, 5.41) is 9.66. The topological polar surface area (TPSA) is 72.4 Å². The molecule has 4 rings (SSSR count). The number of ether oxygens (including phenoxy) is 1. The van der Waals surface area contributed by atoms with Crippen LogP contribution in [0.5, 0.6) is 5.88 Å². The van der Waals surface area contributed by atoms with Crippen molar-refractivity contribution in [3.8, 4) is 5.88 Å². The zero-order valence-corrected chi connectivity index (χ0v) is 15.9. The number of fused-ring (bicyclic) bond motifs is 1. The van der Waals surface area contributed by atoms with Crippen molar-refractivity contribution >= 4 is 20.8 Å². The first-order chi connectivity index (χ1) is 13.0. The smallest absolute Gasteiger partial charge is 0.243 e. The first-order valence-electron chi connectivity index (χ1n) is 8.99. The molecule has 0 radical (unpaired) electrons. The first-order valence-corrected chi connectivity index (χ1v) is 10.4. The lowest BCUT2D eigenvalue weighted by Gasteiger charge is -2.32. The molecule has 1 saturated heterocycles. The van der Waals surface area contributed by atoms with Gasteiger partial charge in [-0.2, -0.15) is 9.40 Å². The van der Waals surface area contributed by atoms with Crippen LogP contribution in [0, 0.1) is 6.92 Å². The largest absolute Gasteiger partial charge is 0.472 e. The predicted molar refractivity (Wildman–Crippen MR) is 103 cm³/mol. The van der Waals surface area contributed by atoms with Gasteiger partial charge in [0.05, 0.1) is 17.1 Å². The lowest BCUT2D eigenvalue weighted by atomic mass is 10.1. The van der Waals surface area contributed by atoms with Gasteiger partial charge in [0.1, 0.15) is 6.10 Å². The monoisotopic (exact) mass is 383 g/mol. The average Bonchev–Trinajstić information content (AvgIpc) is 2.69. The van der Waals surface area contributed by atoms with Crippen LogP contribution >= 0.6 is 0 Å². The van der Waals surface area contributed by atoms with Crippen LogP contribution in [0.1, 0.15) is 18.5 Å². The van der Waals surface area contributed by atoms with Crippen LogP contribution in [-0.2, 0) is 10.0 Å². The van der Waals surface area contributed by atoms with Crippen LogP contribution in [0.25, 0.3) is 10.8 Å². The van der Waals surface area contributed by atoms with E-state index in [-0.39, 0.29) is 6.10 Å². The summed E-state index contributed by atoms with van der Waals surface area (Å²) in [6, 6.07) is 16.5. The predicted octanol–water partition coefficient (Wildman–Crippen LogP) is 3.17. The fraction of sp³-hybridized carbons (Fsp3) is 0.300. The molecule has 140 valence electrons. The maximum absolute atomic E-state index is 13.3. The number of piperidine rings is 1. The van der Waals surface area contributed by atoms with Crippen molar-refractivity contribution in [3.63, 3.8) is 0 Å². The fourth-order valence-corrected chi connectivity index (χ4v) is 5.12. The Labute approximate surface area is 158 Å². The summed E-state index contributed by atoms with van der Waals surface area (Å²) < 4.78 is 34.0. The van der Waals surface area contributed by atoms with Crippen LogP contribution in [0.3, 0.4) is 0 Å². The van der Waals surface area contributed by atoms with Crippen molar-refractivity contribution in [1.82, 2.24) is 14.5 Å². The Hall–Kier alpha value is -2.51. The molecule has 2 aromatic carbocycles. The number of aromatic nitrogens is 2. The Morgan fingerprint density at radius 1 is 1.04 bits per heavy atom. The highest BCUT2D eigenvalue weighted by Crippen LogP contribution is 2.28. The number of rotatable bonds is 4. The molecule has 1 atom stereocenters. The van der Waals surface area contributed by atoms with E-state index in [2.05, 4.69) is 10.2 Å². The van der Waals surface area contributed by atoms with Crippen molar-refractivity contribution in [2.45, 2.75) is 30.8 Å². The molecule has 0 saturated carbocycles. The van der Waals surface area contributed by atoms with Crippen LogP contribution < -0.4 is 4.74 Å². The normalized spacial score (nSPS) is 18.5. The van der Waals surface area contributed by atoms with Gasteiger partial charge in [0, 0.05) is 18.0 Å². The van der Waals surface area contributed by atoms with Gasteiger partial charge in [0.25, 0.3) is 0 Å². The first kappa shape index (κ1) is 17.9. The van der Waals surface area contributed by atoms with Gasteiger partial charge in [-0.3, -0.25) is 0 Å². The second-order valence-corrected chi connectivity index (χ2v) is 8.64. The summed E-state index contributed by atoms with van der Waals surface area (Å²) in [7, 11) is -3.60. The van der Waals surface area contributed by atoms with Crippen molar-refractivity contribution in [2.24, 2.45) is 0 Å². The standard InChI is InChI=1S/C20H21N3O3S/c1-15-11-12-20(22-21-15)26-17-8-5-13-23(14-17)27(24,25)19-10-4-7-16-6-2-3-9-18(16)19/h2-4,6-7,9-12,17H,5,8,13-14H2,1H3. The molecule has 1 aliphatic heterocycles. The van der Waals surface area contributed by atoms with Crippen LogP contribution in [0.2, 0.25) is 0 Å². The molecule has 6 nitrogen and oxygen atoms in total. The van der Waals surface area contributed by atoms with E-state index in [0.717, 1.165) is 29.3 Å². The highest BCUT2D eigenvalue weighted by Gasteiger charge is 2.32. The van der Waals surface area contributed by atoms with Gasteiger partial charge in [-0.1, -0.05) is 36.4 Å². The van der Waals surface area contributed by atoms with Gasteiger partial charge in [0.2, 0.25) is 15.9 Å². The minimum absolute atomic E-state index is 0.236. The Morgan fingerprint density at radius 3 is 2.67 bits per heavy atom. The molecule has 2 heterocycles. The van der Waals surface area contributed by atoms with E-state index >= 15 is 0 Å². The number of hydrogen-bond acceptors (Lipinski definition) is 5. The Morgan fingerprint density at radius 2 is 1.85 bits per heavy atom. The fourth-order valence-electron chi connectivity index (χ4n) is 3.40. The van der Waals surface area contributed by atoms with E-state index in [1.165, 1.54) is 4.31 Å². The molecular weight excluding hydrogens is 362 g/mol. The van der Waals surface area contributed by atoms with E-state index in [4.69, 9.17) is 4.74 Å². The van der Waals surface area contributed by atoms with Crippen LogP contribution in [0.15, 0.2) is 59.5 Å². The lowest BCUT2D eigenvalue weighted by Crippen LogP contribution is -2.44. The van der Waals surface area contributed by atoms with Crippen molar-refractivity contribution in [1.29, 1.82) is 0 Å². The SMILES string of the molecule is Cc1ccc(OC2CCCN(S(=O)(=O)c3cccc4ccccc34)C2)nn1. The maximum Gasteiger partial charge on any atom is 0.243 e. The highest BCUT2D eigenvalue weighted by molar-refractivity contribution is 7.89. The van der Waals surface area contributed by atoms with E-state index in [9.17, 15) is 8.42 Å². The summed E-state index contributed by atoms with van der Waals surface area (Å²) in [6.45, 7) is 2.65. The number of aryl methyl sites for hydroxylation is 1. The van der Waals surface area contributed by atoms with E-state index in [1.54, 1.807) is 18.2 Å². The third-order valence-corrected chi connectivity index (χ3v) is 6.69. The molecule has 1 aliphatic rings. The summed E-state index contributed by atoms with van der Waals surface area (Å²) in [6.07, 6.45) is 1.30. The van der Waals surface area contributed by atoms with E-state index < -0.39 is 10.0 Å². The molecule has 1 aromatic heterocycles. The van der Waals surface area contributed by atoms with Gasteiger partial charge in [0.15, 0.2) is 0 Å². The summed E-state index contributed by atoms with van der Waals surface area (Å²) in [4.78, 5) is 0.344. The molecule has 1 unspecified atom stereocenters. The molecule has 0 spiro atoms. The molecule has 27 heavy (non-hydrogen) atoms. The molecule has 0 bridgehead atoms. The van der Waals surface area contributed by atoms with Gasteiger partial charge < -0.3 is 4.74 Å². The van der Waals surface area contributed by atoms with Crippen molar-refractivity contribution < 1.29 is 13.2 Å². The number of benzene rings is 2. The Balaban J connectivity index is 1.59. The minimum Gasteiger partial charge on any atom is -0.472 e. The zero-order valence-electron chi connectivity index (χ0n) is 15.1. The Bertz CT molecular complexity index is 1050. The zero-order chi connectivity index (χ0) is 18.9. The molecule has 0 N–H and O–H groups in total. The molecule has 3 aromatic rings. The summed E-state index contributed by atoms with van der Waals surface area (Å²) in [5.74, 6) is 0.426. The second-order valence-electron chi connectivity index (χ2n) is 6.74. The molecular formula is C20H21N3O3S. The molecule has 7 heteroatoms. The highest BCUT2D eigenvalue weighted by atomic mass is 32.2. The van der Waals surface area contributed by atoms with Crippen LogP contribution in [-0.4, -0.2) is 42.1 Å². The summed E-state index contributed by atoms with van der Waals surface area (Å²) in [5.41, 5.74) is 0.811. The van der Waals surface area contributed by atoms with Crippen molar-refractivity contribution in [3.05, 3.63) is 60.3 Å². The lowest BCUT2D eigenvalue weighted by molar-refractivity contribution is 0.123. The number of sulfonamides is 1. The molecule has 1 fully saturated rings. The molecule has 0 amide bonds.